The second-order valence-electron chi connectivity index (χ2n) is 3.95. The van der Waals surface area contributed by atoms with Gasteiger partial charge in [-0.15, -0.1) is 0 Å². The minimum absolute atomic E-state index is 0.662. The van der Waals surface area contributed by atoms with Crippen molar-refractivity contribution in [3.05, 3.63) is 35.9 Å². The van der Waals surface area contributed by atoms with Crippen LogP contribution in [0.5, 0.6) is 0 Å². The second-order valence-corrected chi connectivity index (χ2v) is 3.95. The van der Waals surface area contributed by atoms with Crippen molar-refractivity contribution in [2.24, 2.45) is 5.16 Å². The first-order chi connectivity index (χ1) is 7.40. The van der Waals surface area contributed by atoms with E-state index >= 15 is 0 Å². The Morgan fingerprint density at radius 3 is 2.47 bits per heavy atom. The molecule has 0 aliphatic carbocycles. The summed E-state index contributed by atoms with van der Waals surface area (Å²) in [6.45, 7) is 1.95. The van der Waals surface area contributed by atoms with Gasteiger partial charge in [0.2, 0.25) is 0 Å². The van der Waals surface area contributed by atoms with Gasteiger partial charge in [-0.3, -0.25) is 0 Å². The molecule has 1 fully saturated rings. The number of likely N-dealkylation sites (tertiary alicyclic amines) is 1. The number of benzene rings is 1. The average Bonchev–Trinajstić information content (AvgIpc) is 2.32. The van der Waals surface area contributed by atoms with Crippen molar-refractivity contribution in [1.29, 1.82) is 0 Å². The molecule has 1 aromatic carbocycles. The zero-order chi connectivity index (χ0) is 10.5. The molecule has 1 heterocycles. The molecule has 0 radical (unpaired) electrons. The summed E-state index contributed by atoms with van der Waals surface area (Å²) in [5.74, 6) is 0.662. The number of nitrogens with zero attached hydrogens (tertiary/aromatic N) is 2. The van der Waals surface area contributed by atoms with E-state index in [4.69, 9.17) is 5.21 Å². The Morgan fingerprint density at radius 1 is 1.20 bits per heavy atom. The number of oxime groups is 1. The SMILES string of the molecule is O/N=C\N1CCC(c2ccccc2)CC1. The molecule has 0 atom stereocenters. The monoisotopic (exact) mass is 204 g/mol. The third kappa shape index (κ3) is 2.49. The van der Waals surface area contributed by atoms with Crippen LogP contribution in [0.1, 0.15) is 24.3 Å². The standard InChI is InChI=1S/C12H16N2O/c15-13-10-14-8-6-12(7-9-14)11-4-2-1-3-5-11/h1-5,10,12,15H,6-9H2/b13-10-. The fraction of sp³-hybridized carbons (Fsp3) is 0.417. The van der Waals surface area contributed by atoms with Crippen molar-refractivity contribution >= 4 is 6.34 Å². The number of piperidine rings is 1. The highest BCUT2D eigenvalue weighted by Crippen LogP contribution is 2.26. The minimum atomic E-state index is 0.662. The average molecular weight is 204 g/mol. The second kappa shape index (κ2) is 4.82. The van der Waals surface area contributed by atoms with Crippen LogP contribution in [0.25, 0.3) is 0 Å². The molecule has 15 heavy (non-hydrogen) atoms. The molecule has 3 nitrogen and oxygen atoms in total. The van der Waals surface area contributed by atoms with Crippen LogP contribution in [0.15, 0.2) is 35.5 Å². The maximum atomic E-state index is 8.43. The van der Waals surface area contributed by atoms with Gasteiger partial charge in [0.15, 0.2) is 0 Å². The summed E-state index contributed by atoms with van der Waals surface area (Å²) in [6.07, 6.45) is 3.78. The van der Waals surface area contributed by atoms with E-state index in [9.17, 15) is 0 Å². The molecule has 0 aromatic heterocycles. The zero-order valence-electron chi connectivity index (χ0n) is 8.71. The molecule has 1 saturated heterocycles. The van der Waals surface area contributed by atoms with E-state index in [0.717, 1.165) is 25.9 Å². The number of rotatable bonds is 2. The molecule has 0 unspecified atom stereocenters. The predicted molar refractivity (Wildman–Crippen MR) is 60.3 cm³/mol. The minimum Gasteiger partial charge on any atom is -0.410 e. The lowest BCUT2D eigenvalue weighted by Gasteiger charge is -2.30. The van der Waals surface area contributed by atoms with E-state index in [-0.39, 0.29) is 0 Å². The van der Waals surface area contributed by atoms with Gasteiger partial charge in [0.05, 0.1) is 0 Å². The van der Waals surface area contributed by atoms with E-state index in [1.807, 2.05) is 0 Å². The molecule has 3 heteroatoms. The Balaban J connectivity index is 1.94. The number of hydrogen-bond acceptors (Lipinski definition) is 2. The molecule has 80 valence electrons. The lowest BCUT2D eigenvalue weighted by Crippen LogP contribution is -2.31. The molecule has 0 amide bonds. The van der Waals surface area contributed by atoms with Crippen LogP contribution in [0.3, 0.4) is 0 Å². The van der Waals surface area contributed by atoms with E-state index in [1.54, 1.807) is 0 Å². The zero-order valence-corrected chi connectivity index (χ0v) is 8.71. The van der Waals surface area contributed by atoms with Crippen molar-refractivity contribution in [2.75, 3.05) is 13.1 Å². The smallest absolute Gasteiger partial charge is 0.130 e. The quantitative estimate of drug-likeness (QED) is 0.347. The van der Waals surface area contributed by atoms with Crippen LogP contribution in [-0.4, -0.2) is 29.5 Å². The molecular formula is C12H16N2O. The molecule has 1 N–H and O–H groups in total. The fourth-order valence-electron chi connectivity index (χ4n) is 2.15. The van der Waals surface area contributed by atoms with Gasteiger partial charge in [0.1, 0.15) is 6.34 Å². The van der Waals surface area contributed by atoms with Gasteiger partial charge < -0.3 is 10.1 Å². The lowest BCUT2D eigenvalue weighted by molar-refractivity contribution is 0.283. The Hall–Kier alpha value is -1.51. The predicted octanol–water partition coefficient (Wildman–Crippen LogP) is 2.28. The van der Waals surface area contributed by atoms with Gasteiger partial charge in [-0.25, -0.2) is 0 Å². The molecule has 1 aliphatic rings. The van der Waals surface area contributed by atoms with Crippen LogP contribution < -0.4 is 0 Å². The molecule has 0 spiro atoms. The van der Waals surface area contributed by atoms with Gasteiger partial charge in [-0.05, 0) is 24.3 Å². The number of hydrogen-bond donors (Lipinski definition) is 1. The fourth-order valence-corrected chi connectivity index (χ4v) is 2.15. The highest BCUT2D eigenvalue weighted by molar-refractivity contribution is 5.54. The largest absolute Gasteiger partial charge is 0.410 e. The maximum absolute atomic E-state index is 8.43. The molecule has 1 aliphatic heterocycles. The normalized spacial score (nSPS) is 18.5. The summed E-state index contributed by atoms with van der Waals surface area (Å²) in [4.78, 5) is 2.06. The summed E-state index contributed by atoms with van der Waals surface area (Å²) in [5, 5.41) is 11.5. The molecule has 0 bridgehead atoms. The lowest BCUT2D eigenvalue weighted by atomic mass is 9.90. The Bertz CT molecular complexity index is 316. The topological polar surface area (TPSA) is 35.8 Å². The first-order valence-corrected chi connectivity index (χ1v) is 5.36. The molecular weight excluding hydrogens is 188 g/mol. The van der Waals surface area contributed by atoms with Crippen molar-refractivity contribution < 1.29 is 5.21 Å². The Labute approximate surface area is 90.0 Å². The molecule has 2 rings (SSSR count). The summed E-state index contributed by atoms with van der Waals surface area (Å²) in [5.41, 5.74) is 1.43. The van der Waals surface area contributed by atoms with Gasteiger partial charge >= 0.3 is 0 Å². The highest BCUT2D eigenvalue weighted by Gasteiger charge is 2.18. The van der Waals surface area contributed by atoms with Crippen LogP contribution in [0.4, 0.5) is 0 Å². The Morgan fingerprint density at radius 2 is 1.87 bits per heavy atom. The van der Waals surface area contributed by atoms with Crippen LogP contribution in [-0.2, 0) is 0 Å². The molecule has 1 aromatic rings. The van der Waals surface area contributed by atoms with Crippen molar-refractivity contribution in [3.63, 3.8) is 0 Å². The highest BCUT2D eigenvalue weighted by atomic mass is 16.4. The molecule has 0 saturated carbocycles. The first kappa shape index (κ1) is 10.0. The van der Waals surface area contributed by atoms with Crippen molar-refractivity contribution in [2.45, 2.75) is 18.8 Å². The van der Waals surface area contributed by atoms with Crippen LogP contribution in [0.2, 0.25) is 0 Å². The third-order valence-corrected chi connectivity index (χ3v) is 3.02. The van der Waals surface area contributed by atoms with Gasteiger partial charge in [-0.1, -0.05) is 35.5 Å². The van der Waals surface area contributed by atoms with Crippen molar-refractivity contribution in [3.8, 4) is 0 Å². The van der Waals surface area contributed by atoms with E-state index in [1.165, 1.54) is 11.9 Å². The van der Waals surface area contributed by atoms with E-state index in [2.05, 4.69) is 40.4 Å². The van der Waals surface area contributed by atoms with Gasteiger partial charge in [0, 0.05) is 13.1 Å². The third-order valence-electron chi connectivity index (χ3n) is 3.02. The summed E-state index contributed by atoms with van der Waals surface area (Å²) >= 11 is 0. The van der Waals surface area contributed by atoms with Crippen molar-refractivity contribution in [1.82, 2.24) is 4.90 Å². The summed E-state index contributed by atoms with van der Waals surface area (Å²) in [6, 6.07) is 10.6. The van der Waals surface area contributed by atoms with Gasteiger partial charge in [-0.2, -0.15) is 0 Å². The van der Waals surface area contributed by atoms with Crippen LogP contribution >= 0.6 is 0 Å². The summed E-state index contributed by atoms with van der Waals surface area (Å²) < 4.78 is 0. The van der Waals surface area contributed by atoms with Crippen LogP contribution in [0, 0.1) is 0 Å². The maximum Gasteiger partial charge on any atom is 0.130 e. The first-order valence-electron chi connectivity index (χ1n) is 5.36. The van der Waals surface area contributed by atoms with E-state index < -0.39 is 0 Å². The van der Waals surface area contributed by atoms with E-state index in [0.29, 0.717) is 5.92 Å². The summed E-state index contributed by atoms with van der Waals surface area (Å²) in [7, 11) is 0. The van der Waals surface area contributed by atoms with Gasteiger partial charge in [0.25, 0.3) is 0 Å². The Kier molecular flexibility index (Phi) is 3.22.